The molecule has 2 aromatic rings. The van der Waals surface area contributed by atoms with Gasteiger partial charge >= 0.3 is 6.09 Å². The number of methoxy groups -OCH3 is 1. The number of aromatic nitrogens is 3. The molecule has 1 atom stereocenters. The maximum Gasteiger partial charge on any atom is 0.405 e. The van der Waals surface area contributed by atoms with Crippen molar-refractivity contribution < 1.29 is 19.2 Å². The van der Waals surface area contributed by atoms with E-state index in [9.17, 15) is 4.79 Å². The molecule has 1 unspecified atom stereocenters. The molecule has 8 nitrogen and oxygen atoms in total. The van der Waals surface area contributed by atoms with Crippen LogP contribution in [0, 0.1) is 0 Å². The smallest absolute Gasteiger partial charge is 0.405 e. The van der Waals surface area contributed by atoms with E-state index in [1.807, 2.05) is 0 Å². The summed E-state index contributed by atoms with van der Waals surface area (Å²) in [6.07, 6.45) is 0.404. The molecular weight excluding hydrogens is 252 g/mol. The lowest BCUT2D eigenvalue weighted by atomic mass is 10.2. The number of nitrogens with one attached hydrogen (secondary N) is 1. The average molecular weight is 264 g/mol. The summed E-state index contributed by atoms with van der Waals surface area (Å²) in [5, 5.41) is 14.6. The molecule has 0 radical (unpaired) electrons. The number of ether oxygens (including phenoxy) is 1. The van der Waals surface area contributed by atoms with Crippen molar-refractivity contribution in [3.63, 3.8) is 0 Å². The first-order valence-corrected chi connectivity index (χ1v) is 5.43. The lowest BCUT2D eigenvalue weighted by Crippen LogP contribution is -2.24. The van der Waals surface area contributed by atoms with Gasteiger partial charge in [0.15, 0.2) is 0 Å². The molecule has 8 heteroatoms. The van der Waals surface area contributed by atoms with E-state index in [4.69, 9.17) is 14.4 Å². The van der Waals surface area contributed by atoms with Crippen molar-refractivity contribution >= 4 is 6.09 Å². The Bertz CT molecular complexity index is 584. The Hall–Kier alpha value is -2.64. The van der Waals surface area contributed by atoms with E-state index < -0.39 is 12.1 Å². The normalized spacial score (nSPS) is 11.9. The highest BCUT2D eigenvalue weighted by molar-refractivity contribution is 5.65. The summed E-state index contributed by atoms with van der Waals surface area (Å²) in [5.41, 5.74) is 0.671. The molecule has 0 aliphatic carbocycles. The first-order chi connectivity index (χ1) is 9.10. The van der Waals surface area contributed by atoms with Gasteiger partial charge in [0.2, 0.25) is 17.6 Å². The number of pyridine rings is 1. The molecule has 2 aromatic heterocycles. The fourth-order valence-electron chi connectivity index (χ4n) is 1.44. The van der Waals surface area contributed by atoms with Gasteiger partial charge in [-0.25, -0.2) is 9.78 Å². The third-order valence-electron chi connectivity index (χ3n) is 2.35. The Kier molecular flexibility index (Phi) is 3.60. The van der Waals surface area contributed by atoms with Crippen molar-refractivity contribution in [1.29, 1.82) is 0 Å². The second-order valence-electron chi connectivity index (χ2n) is 3.71. The van der Waals surface area contributed by atoms with Gasteiger partial charge in [-0.15, -0.1) is 0 Å². The summed E-state index contributed by atoms with van der Waals surface area (Å²) >= 11 is 0. The van der Waals surface area contributed by atoms with Crippen LogP contribution < -0.4 is 10.1 Å². The molecule has 1 amide bonds. The highest BCUT2D eigenvalue weighted by Crippen LogP contribution is 2.20. The second kappa shape index (κ2) is 5.34. The van der Waals surface area contributed by atoms with Crippen LogP contribution >= 0.6 is 0 Å². The predicted molar refractivity (Wildman–Crippen MR) is 63.7 cm³/mol. The largest absolute Gasteiger partial charge is 0.481 e. The highest BCUT2D eigenvalue weighted by Gasteiger charge is 2.17. The summed E-state index contributed by atoms with van der Waals surface area (Å²) in [6.45, 7) is 1.61. The fourth-order valence-corrected chi connectivity index (χ4v) is 1.44. The number of carbonyl (C=O) groups is 1. The van der Waals surface area contributed by atoms with E-state index in [-0.39, 0.29) is 5.89 Å². The molecule has 19 heavy (non-hydrogen) atoms. The van der Waals surface area contributed by atoms with E-state index in [1.54, 1.807) is 25.3 Å². The summed E-state index contributed by atoms with van der Waals surface area (Å²) in [7, 11) is 1.51. The van der Waals surface area contributed by atoms with Crippen LogP contribution in [-0.2, 0) is 0 Å². The maximum atomic E-state index is 10.5. The second-order valence-corrected chi connectivity index (χ2v) is 3.71. The number of hydrogen-bond donors (Lipinski definition) is 2. The predicted octanol–water partition coefficient (Wildman–Crippen LogP) is 1.47. The minimum Gasteiger partial charge on any atom is -0.481 e. The van der Waals surface area contributed by atoms with Crippen LogP contribution in [0.1, 0.15) is 18.9 Å². The van der Waals surface area contributed by atoms with Gasteiger partial charge < -0.3 is 19.7 Å². The molecular formula is C11H12N4O4. The summed E-state index contributed by atoms with van der Waals surface area (Å²) in [6, 6.07) is 2.78. The lowest BCUT2D eigenvalue weighted by Gasteiger charge is -2.04. The SMILES string of the molecule is COc1cc(-c2noc(C(C)NC(=O)O)n2)ccn1. The van der Waals surface area contributed by atoms with Crippen LogP contribution in [0.25, 0.3) is 11.4 Å². The molecule has 0 bridgehead atoms. The van der Waals surface area contributed by atoms with E-state index >= 15 is 0 Å². The monoisotopic (exact) mass is 264 g/mol. The van der Waals surface area contributed by atoms with E-state index in [1.165, 1.54) is 7.11 Å². The summed E-state index contributed by atoms with van der Waals surface area (Å²) in [4.78, 5) is 18.6. The van der Waals surface area contributed by atoms with Crippen molar-refractivity contribution in [3.8, 4) is 17.3 Å². The van der Waals surface area contributed by atoms with Gasteiger partial charge in [-0.1, -0.05) is 5.16 Å². The molecule has 0 aromatic carbocycles. The molecule has 0 aliphatic heterocycles. The van der Waals surface area contributed by atoms with Crippen molar-refractivity contribution in [2.24, 2.45) is 0 Å². The molecule has 100 valence electrons. The van der Waals surface area contributed by atoms with E-state index in [2.05, 4.69) is 20.4 Å². The molecule has 0 saturated carbocycles. The Morgan fingerprint density at radius 1 is 1.58 bits per heavy atom. The average Bonchev–Trinajstić information content (AvgIpc) is 2.88. The zero-order valence-electron chi connectivity index (χ0n) is 10.3. The third kappa shape index (κ3) is 2.97. The van der Waals surface area contributed by atoms with Gasteiger partial charge in [0, 0.05) is 17.8 Å². The molecule has 2 N–H and O–H groups in total. The first-order valence-electron chi connectivity index (χ1n) is 5.43. The van der Waals surface area contributed by atoms with Crippen LogP contribution in [-0.4, -0.2) is 33.4 Å². The van der Waals surface area contributed by atoms with Gasteiger partial charge in [-0.3, -0.25) is 0 Å². The molecule has 2 rings (SSSR count). The minimum atomic E-state index is -1.15. The number of nitrogens with zero attached hydrogens (tertiary/aromatic N) is 3. The van der Waals surface area contributed by atoms with Crippen molar-refractivity contribution in [3.05, 3.63) is 24.2 Å². The minimum absolute atomic E-state index is 0.188. The van der Waals surface area contributed by atoms with Crippen LogP contribution in [0.5, 0.6) is 5.88 Å². The Morgan fingerprint density at radius 2 is 2.37 bits per heavy atom. The quantitative estimate of drug-likeness (QED) is 0.860. The van der Waals surface area contributed by atoms with Gasteiger partial charge in [0.1, 0.15) is 6.04 Å². The number of carboxylic acid groups (broad SMARTS) is 1. The first kappa shape index (κ1) is 12.8. The lowest BCUT2D eigenvalue weighted by molar-refractivity contribution is 0.187. The van der Waals surface area contributed by atoms with Gasteiger partial charge in [0.05, 0.1) is 7.11 Å². The summed E-state index contributed by atoms with van der Waals surface area (Å²) in [5.74, 6) is 0.962. The Labute approximate surface area is 108 Å². The van der Waals surface area contributed by atoms with Gasteiger partial charge in [-0.2, -0.15) is 4.98 Å². The molecule has 0 saturated heterocycles. The topological polar surface area (TPSA) is 110 Å². The van der Waals surface area contributed by atoms with Crippen LogP contribution in [0.2, 0.25) is 0 Å². The highest BCUT2D eigenvalue weighted by atomic mass is 16.5. The molecule has 0 fully saturated rings. The Morgan fingerprint density at radius 3 is 3.05 bits per heavy atom. The van der Waals surface area contributed by atoms with Crippen molar-refractivity contribution in [2.75, 3.05) is 7.11 Å². The van der Waals surface area contributed by atoms with Gasteiger partial charge in [0.25, 0.3) is 0 Å². The zero-order chi connectivity index (χ0) is 13.8. The van der Waals surface area contributed by atoms with E-state index in [0.29, 0.717) is 17.3 Å². The Balaban J connectivity index is 2.22. The molecule has 0 aliphatic rings. The number of amides is 1. The fraction of sp³-hybridized carbons (Fsp3) is 0.273. The van der Waals surface area contributed by atoms with Crippen molar-refractivity contribution in [2.45, 2.75) is 13.0 Å². The van der Waals surface area contributed by atoms with Crippen LogP contribution in [0.4, 0.5) is 4.79 Å². The number of rotatable bonds is 4. The van der Waals surface area contributed by atoms with Gasteiger partial charge in [-0.05, 0) is 13.0 Å². The summed E-state index contributed by atoms with van der Waals surface area (Å²) < 4.78 is 10.0. The number of hydrogen-bond acceptors (Lipinski definition) is 6. The van der Waals surface area contributed by atoms with Crippen molar-refractivity contribution in [1.82, 2.24) is 20.4 Å². The maximum absolute atomic E-state index is 10.5. The standard InChI is InChI=1S/C11H12N4O4/c1-6(13-11(16)17)10-14-9(15-19-10)7-3-4-12-8(5-7)18-2/h3-6,13H,1-2H3,(H,16,17). The molecule has 0 spiro atoms. The van der Waals surface area contributed by atoms with Crippen LogP contribution in [0.3, 0.4) is 0 Å². The van der Waals surface area contributed by atoms with E-state index in [0.717, 1.165) is 0 Å². The third-order valence-corrected chi connectivity index (χ3v) is 2.35. The van der Waals surface area contributed by atoms with Crippen LogP contribution in [0.15, 0.2) is 22.9 Å². The zero-order valence-corrected chi connectivity index (χ0v) is 10.3. The molecule has 2 heterocycles.